The number of carboxylic acid groups (broad SMARTS) is 1. The maximum Gasteiger partial charge on any atom is 0.277 e. The quantitative estimate of drug-likeness (QED) is 0.661. The van der Waals surface area contributed by atoms with Crippen LogP contribution in [-0.4, -0.2) is 44.9 Å². The SMILES string of the molecule is CSCC[C@H](NC(=O)CCn1nnc2ccccc2c1=O)C(=O)[O-]. The van der Waals surface area contributed by atoms with Gasteiger partial charge in [0.15, 0.2) is 0 Å². The lowest BCUT2D eigenvalue weighted by Gasteiger charge is -2.19. The highest BCUT2D eigenvalue weighted by atomic mass is 32.2. The number of aromatic nitrogens is 3. The fourth-order valence-electron chi connectivity index (χ4n) is 2.13. The number of hydrogen-bond acceptors (Lipinski definition) is 7. The lowest BCUT2D eigenvalue weighted by molar-refractivity contribution is -0.308. The second kappa shape index (κ2) is 8.44. The first-order chi connectivity index (χ1) is 11.5. The van der Waals surface area contributed by atoms with Crippen molar-refractivity contribution >= 4 is 34.5 Å². The molecule has 24 heavy (non-hydrogen) atoms. The Morgan fingerprint density at radius 1 is 1.38 bits per heavy atom. The van der Waals surface area contributed by atoms with Crippen molar-refractivity contribution in [3.8, 4) is 0 Å². The number of fused-ring (bicyclic) bond motifs is 1. The molecular weight excluding hydrogens is 332 g/mol. The fraction of sp³-hybridized carbons (Fsp3) is 0.400. The van der Waals surface area contributed by atoms with Crippen molar-refractivity contribution in [3.05, 3.63) is 34.6 Å². The minimum absolute atomic E-state index is 0.0186. The zero-order chi connectivity index (χ0) is 17.5. The summed E-state index contributed by atoms with van der Waals surface area (Å²) in [7, 11) is 0. The van der Waals surface area contributed by atoms with Gasteiger partial charge in [-0.25, -0.2) is 4.68 Å². The molecule has 2 aromatic rings. The van der Waals surface area contributed by atoms with Gasteiger partial charge in [-0.3, -0.25) is 9.59 Å². The monoisotopic (exact) mass is 349 g/mol. The van der Waals surface area contributed by atoms with Gasteiger partial charge in [-0.05, 0) is 30.6 Å². The molecule has 1 atom stereocenters. The number of carbonyl (C=O) groups is 2. The molecule has 1 aromatic heterocycles. The molecule has 128 valence electrons. The van der Waals surface area contributed by atoms with E-state index in [0.29, 0.717) is 16.7 Å². The molecule has 1 aromatic carbocycles. The Labute approximate surface area is 142 Å². The van der Waals surface area contributed by atoms with Crippen LogP contribution in [0.25, 0.3) is 10.9 Å². The Hall–Kier alpha value is -2.42. The summed E-state index contributed by atoms with van der Waals surface area (Å²) in [5, 5.41) is 21.5. The first-order valence-corrected chi connectivity index (χ1v) is 8.74. The van der Waals surface area contributed by atoms with Crippen LogP contribution in [0, 0.1) is 0 Å². The average molecular weight is 349 g/mol. The number of benzene rings is 1. The first kappa shape index (κ1) is 17.9. The molecule has 9 heteroatoms. The molecule has 1 amide bonds. The number of carboxylic acids is 1. The maximum absolute atomic E-state index is 12.2. The third kappa shape index (κ3) is 4.54. The average Bonchev–Trinajstić information content (AvgIpc) is 2.58. The van der Waals surface area contributed by atoms with Crippen molar-refractivity contribution in [2.45, 2.75) is 25.4 Å². The van der Waals surface area contributed by atoms with E-state index in [0.717, 1.165) is 4.68 Å². The van der Waals surface area contributed by atoms with E-state index in [4.69, 9.17) is 0 Å². The standard InChI is InChI=1S/C15H18N4O4S/c1-24-9-7-12(15(22)23)16-13(20)6-8-19-14(21)10-4-2-3-5-11(10)17-18-19/h2-5,12H,6-9H2,1H3,(H,16,20)(H,22,23)/p-1/t12-/m0/s1. The molecular formula is C15H17N4O4S-. The summed E-state index contributed by atoms with van der Waals surface area (Å²) in [5.41, 5.74) is 0.143. The molecule has 0 aliphatic rings. The van der Waals surface area contributed by atoms with E-state index in [2.05, 4.69) is 15.6 Å². The van der Waals surface area contributed by atoms with Gasteiger partial charge in [-0.1, -0.05) is 17.3 Å². The van der Waals surface area contributed by atoms with Crippen LogP contribution in [0.2, 0.25) is 0 Å². The molecule has 0 spiro atoms. The molecule has 1 N–H and O–H groups in total. The van der Waals surface area contributed by atoms with Gasteiger partial charge < -0.3 is 15.2 Å². The maximum atomic E-state index is 12.2. The van der Waals surface area contributed by atoms with Crippen LogP contribution >= 0.6 is 11.8 Å². The van der Waals surface area contributed by atoms with Gasteiger partial charge in [-0.15, -0.1) is 5.10 Å². The number of rotatable bonds is 8. The normalized spacial score (nSPS) is 12.0. The first-order valence-electron chi connectivity index (χ1n) is 7.34. The molecule has 1 heterocycles. The second-order valence-corrected chi connectivity index (χ2v) is 6.09. The zero-order valence-electron chi connectivity index (χ0n) is 13.1. The van der Waals surface area contributed by atoms with Gasteiger partial charge in [0.1, 0.15) is 5.52 Å². The molecule has 0 bridgehead atoms. The highest BCUT2D eigenvalue weighted by Crippen LogP contribution is 2.04. The molecule has 0 radical (unpaired) electrons. The van der Waals surface area contributed by atoms with Gasteiger partial charge in [0.2, 0.25) is 5.91 Å². The minimum atomic E-state index is -1.32. The Morgan fingerprint density at radius 2 is 2.12 bits per heavy atom. The van der Waals surface area contributed by atoms with Crippen LogP contribution in [-0.2, 0) is 16.1 Å². The van der Waals surface area contributed by atoms with Gasteiger partial charge >= 0.3 is 0 Å². The summed E-state index contributed by atoms with van der Waals surface area (Å²) < 4.78 is 1.10. The van der Waals surface area contributed by atoms with Crippen molar-refractivity contribution in [1.82, 2.24) is 20.3 Å². The smallest absolute Gasteiger partial charge is 0.277 e. The van der Waals surface area contributed by atoms with E-state index < -0.39 is 17.9 Å². The lowest BCUT2D eigenvalue weighted by Crippen LogP contribution is -2.48. The van der Waals surface area contributed by atoms with Crippen LogP contribution in [0.15, 0.2) is 29.1 Å². The van der Waals surface area contributed by atoms with Crippen molar-refractivity contribution in [1.29, 1.82) is 0 Å². The summed E-state index contributed by atoms with van der Waals surface area (Å²) in [6.45, 7) is 0.0186. The van der Waals surface area contributed by atoms with Gasteiger partial charge in [0.25, 0.3) is 5.56 Å². The molecule has 2 rings (SSSR count). The van der Waals surface area contributed by atoms with Crippen LogP contribution in [0.4, 0.5) is 0 Å². The summed E-state index contributed by atoms with van der Waals surface area (Å²) >= 11 is 1.48. The summed E-state index contributed by atoms with van der Waals surface area (Å²) in [4.78, 5) is 35.1. The Morgan fingerprint density at radius 3 is 2.83 bits per heavy atom. The van der Waals surface area contributed by atoms with E-state index in [1.807, 2.05) is 6.26 Å². The van der Waals surface area contributed by atoms with Gasteiger partial charge in [0, 0.05) is 6.42 Å². The number of aliphatic carboxylic acids is 1. The largest absolute Gasteiger partial charge is 0.548 e. The zero-order valence-corrected chi connectivity index (χ0v) is 13.9. The molecule has 0 aliphatic heterocycles. The minimum Gasteiger partial charge on any atom is -0.548 e. The molecule has 8 nitrogen and oxygen atoms in total. The predicted molar refractivity (Wildman–Crippen MR) is 88.4 cm³/mol. The third-order valence-corrected chi connectivity index (χ3v) is 4.05. The number of hydrogen-bond donors (Lipinski definition) is 1. The Kier molecular flexibility index (Phi) is 6.30. The van der Waals surface area contributed by atoms with Crippen LogP contribution in [0.5, 0.6) is 0 Å². The van der Waals surface area contributed by atoms with E-state index in [1.165, 1.54) is 11.8 Å². The number of thioether (sulfide) groups is 1. The van der Waals surface area contributed by atoms with Crippen molar-refractivity contribution < 1.29 is 14.7 Å². The Bertz CT molecular complexity index is 792. The van der Waals surface area contributed by atoms with Crippen molar-refractivity contribution in [3.63, 3.8) is 0 Å². The van der Waals surface area contributed by atoms with Crippen LogP contribution in [0.1, 0.15) is 12.8 Å². The molecule has 0 fully saturated rings. The highest BCUT2D eigenvalue weighted by Gasteiger charge is 2.14. The van der Waals surface area contributed by atoms with E-state index in [9.17, 15) is 19.5 Å². The van der Waals surface area contributed by atoms with E-state index in [-0.39, 0.29) is 24.9 Å². The van der Waals surface area contributed by atoms with E-state index >= 15 is 0 Å². The second-order valence-electron chi connectivity index (χ2n) is 5.11. The number of nitrogens with zero attached hydrogens (tertiary/aromatic N) is 3. The highest BCUT2D eigenvalue weighted by molar-refractivity contribution is 7.98. The summed E-state index contributed by atoms with van der Waals surface area (Å²) in [5.74, 6) is -1.21. The van der Waals surface area contributed by atoms with Gasteiger partial charge in [0.05, 0.1) is 23.9 Å². The topological polar surface area (TPSA) is 117 Å². The van der Waals surface area contributed by atoms with Crippen LogP contribution in [0.3, 0.4) is 0 Å². The number of aryl methyl sites for hydroxylation is 1. The number of carbonyl (C=O) groups excluding carboxylic acids is 2. The molecule has 0 aliphatic carbocycles. The Balaban J connectivity index is 2.00. The van der Waals surface area contributed by atoms with Crippen molar-refractivity contribution in [2.24, 2.45) is 0 Å². The number of nitrogens with one attached hydrogen (secondary N) is 1. The molecule has 0 saturated heterocycles. The third-order valence-electron chi connectivity index (χ3n) is 3.41. The fourth-order valence-corrected chi connectivity index (χ4v) is 2.60. The number of amides is 1. The van der Waals surface area contributed by atoms with Gasteiger partial charge in [-0.2, -0.15) is 11.8 Å². The van der Waals surface area contributed by atoms with E-state index in [1.54, 1.807) is 24.3 Å². The molecule has 0 unspecified atom stereocenters. The summed E-state index contributed by atoms with van der Waals surface area (Å²) in [6.07, 6.45) is 2.06. The lowest BCUT2D eigenvalue weighted by atomic mass is 10.2. The summed E-state index contributed by atoms with van der Waals surface area (Å²) in [6, 6.07) is 5.75. The molecule has 0 saturated carbocycles. The predicted octanol–water partition coefficient (Wildman–Crippen LogP) is -0.831. The van der Waals surface area contributed by atoms with Crippen molar-refractivity contribution in [2.75, 3.05) is 12.0 Å². The van der Waals surface area contributed by atoms with Crippen LogP contribution < -0.4 is 16.0 Å².